The summed E-state index contributed by atoms with van der Waals surface area (Å²) in [6.07, 6.45) is 2.26. The van der Waals surface area contributed by atoms with Gasteiger partial charge in [-0.15, -0.1) is 0 Å². The van der Waals surface area contributed by atoms with E-state index in [-0.39, 0.29) is 6.29 Å². The second-order valence-corrected chi connectivity index (χ2v) is 5.49. The van der Waals surface area contributed by atoms with Crippen LogP contribution in [-0.4, -0.2) is 32.1 Å². The third kappa shape index (κ3) is 3.16. The summed E-state index contributed by atoms with van der Waals surface area (Å²) in [6, 6.07) is 11.4. The highest BCUT2D eigenvalue weighted by atomic mass is 16.7. The monoisotopic (exact) mass is 261 g/mol. The van der Waals surface area contributed by atoms with Crippen LogP contribution in [0.1, 0.15) is 31.2 Å². The van der Waals surface area contributed by atoms with E-state index in [0.717, 1.165) is 32.1 Å². The van der Waals surface area contributed by atoms with Crippen LogP contribution in [0.5, 0.6) is 0 Å². The summed E-state index contributed by atoms with van der Waals surface area (Å²) < 4.78 is 11.2. The van der Waals surface area contributed by atoms with Crippen LogP contribution in [0.4, 0.5) is 0 Å². The van der Waals surface area contributed by atoms with Crippen LogP contribution in [0, 0.1) is 5.92 Å². The van der Waals surface area contributed by atoms with E-state index in [9.17, 15) is 0 Å². The summed E-state index contributed by atoms with van der Waals surface area (Å²) in [5.74, 6) is 1.45. The van der Waals surface area contributed by atoms with E-state index in [1.165, 1.54) is 12.0 Å². The maximum atomic E-state index is 5.59. The summed E-state index contributed by atoms with van der Waals surface area (Å²) in [4.78, 5) is 0. The van der Waals surface area contributed by atoms with Crippen LogP contribution in [-0.2, 0) is 9.47 Å². The topological polar surface area (TPSA) is 30.5 Å². The Morgan fingerprint density at radius 2 is 1.95 bits per heavy atom. The molecule has 1 aromatic carbocycles. The molecule has 1 aliphatic carbocycles. The van der Waals surface area contributed by atoms with Crippen molar-refractivity contribution in [2.24, 2.45) is 5.92 Å². The molecule has 1 aliphatic heterocycles. The third-order valence-corrected chi connectivity index (χ3v) is 4.19. The van der Waals surface area contributed by atoms with Crippen molar-refractivity contribution in [1.82, 2.24) is 5.32 Å². The first-order valence-corrected chi connectivity index (χ1v) is 7.40. The minimum atomic E-state index is 0.000994. The highest BCUT2D eigenvalue weighted by molar-refractivity contribution is 5.26. The number of hydrogen-bond donors (Lipinski definition) is 1. The fourth-order valence-electron chi connectivity index (χ4n) is 3.17. The zero-order valence-corrected chi connectivity index (χ0v) is 11.5. The Labute approximate surface area is 115 Å². The first kappa shape index (κ1) is 13.1. The van der Waals surface area contributed by atoms with Crippen molar-refractivity contribution in [3.8, 4) is 0 Å². The molecule has 2 fully saturated rings. The fourth-order valence-corrected chi connectivity index (χ4v) is 3.17. The minimum Gasteiger partial charge on any atom is -0.350 e. The molecule has 1 heterocycles. The summed E-state index contributed by atoms with van der Waals surface area (Å²) in [5, 5.41) is 3.61. The van der Waals surface area contributed by atoms with Crippen LogP contribution in [0.25, 0.3) is 0 Å². The summed E-state index contributed by atoms with van der Waals surface area (Å²) in [7, 11) is 0. The molecule has 1 saturated carbocycles. The van der Waals surface area contributed by atoms with Gasteiger partial charge in [-0.25, -0.2) is 0 Å². The molecule has 1 N–H and O–H groups in total. The molecular weight excluding hydrogens is 238 g/mol. The van der Waals surface area contributed by atoms with E-state index in [1.807, 2.05) is 0 Å². The van der Waals surface area contributed by atoms with Crippen molar-refractivity contribution in [3.63, 3.8) is 0 Å². The molecule has 3 atom stereocenters. The highest BCUT2D eigenvalue weighted by Crippen LogP contribution is 2.50. The van der Waals surface area contributed by atoms with Crippen LogP contribution >= 0.6 is 0 Å². The molecule has 3 nitrogen and oxygen atoms in total. The smallest absolute Gasteiger partial charge is 0.159 e. The maximum Gasteiger partial charge on any atom is 0.159 e. The molecule has 0 aromatic heterocycles. The Morgan fingerprint density at radius 1 is 1.21 bits per heavy atom. The molecule has 0 spiro atoms. The highest BCUT2D eigenvalue weighted by Gasteiger charge is 2.44. The minimum absolute atomic E-state index is 0.000994. The largest absolute Gasteiger partial charge is 0.350 e. The molecule has 1 aromatic rings. The lowest BCUT2D eigenvalue weighted by Crippen LogP contribution is -2.35. The lowest BCUT2D eigenvalue weighted by Gasteiger charge is -2.21. The van der Waals surface area contributed by atoms with Gasteiger partial charge in [-0.3, -0.25) is 0 Å². The van der Waals surface area contributed by atoms with Crippen molar-refractivity contribution >= 4 is 0 Å². The molecule has 3 unspecified atom stereocenters. The number of ether oxygens (including phenoxy) is 2. The van der Waals surface area contributed by atoms with E-state index in [4.69, 9.17) is 9.47 Å². The van der Waals surface area contributed by atoms with Crippen molar-refractivity contribution in [1.29, 1.82) is 0 Å². The van der Waals surface area contributed by atoms with Gasteiger partial charge < -0.3 is 14.8 Å². The van der Waals surface area contributed by atoms with Crippen molar-refractivity contribution < 1.29 is 9.47 Å². The van der Waals surface area contributed by atoms with Crippen molar-refractivity contribution in [2.75, 3.05) is 19.8 Å². The van der Waals surface area contributed by atoms with Crippen molar-refractivity contribution in [2.45, 2.75) is 38.0 Å². The first-order valence-electron chi connectivity index (χ1n) is 7.40. The molecule has 0 amide bonds. The zero-order valence-electron chi connectivity index (χ0n) is 11.5. The summed E-state index contributed by atoms with van der Waals surface area (Å²) in [6.45, 7) is 4.67. The van der Waals surface area contributed by atoms with Gasteiger partial charge in [0.25, 0.3) is 0 Å². The molecule has 1 saturated heterocycles. The van der Waals surface area contributed by atoms with Gasteiger partial charge in [0.2, 0.25) is 0 Å². The van der Waals surface area contributed by atoms with Crippen LogP contribution in [0.2, 0.25) is 0 Å². The maximum absolute atomic E-state index is 5.59. The van der Waals surface area contributed by atoms with Gasteiger partial charge in [-0.05, 0) is 30.4 Å². The number of benzene rings is 1. The normalized spacial score (nSPS) is 28.5. The summed E-state index contributed by atoms with van der Waals surface area (Å²) in [5.41, 5.74) is 1.48. The van der Waals surface area contributed by atoms with E-state index in [2.05, 4.69) is 42.6 Å². The number of hydrogen-bond acceptors (Lipinski definition) is 3. The molecule has 3 rings (SSSR count). The van der Waals surface area contributed by atoms with E-state index >= 15 is 0 Å². The van der Waals surface area contributed by atoms with Crippen molar-refractivity contribution in [3.05, 3.63) is 35.9 Å². The van der Waals surface area contributed by atoms with Crippen LogP contribution < -0.4 is 5.32 Å². The Balaban J connectivity index is 1.59. The fraction of sp³-hybridized carbons (Fsp3) is 0.625. The van der Waals surface area contributed by atoms with E-state index < -0.39 is 0 Å². The molecule has 0 bridgehead atoms. The van der Waals surface area contributed by atoms with E-state index in [0.29, 0.717) is 12.0 Å². The lowest BCUT2D eigenvalue weighted by molar-refractivity contribution is -0.0540. The second kappa shape index (κ2) is 6.04. The average Bonchev–Trinajstić information content (AvgIpc) is 3.09. The van der Waals surface area contributed by atoms with Gasteiger partial charge in [0.15, 0.2) is 6.29 Å². The van der Waals surface area contributed by atoms with Gasteiger partial charge in [-0.1, -0.05) is 37.3 Å². The van der Waals surface area contributed by atoms with Gasteiger partial charge in [0.05, 0.1) is 13.2 Å². The Kier molecular flexibility index (Phi) is 4.16. The summed E-state index contributed by atoms with van der Waals surface area (Å²) >= 11 is 0. The van der Waals surface area contributed by atoms with Gasteiger partial charge >= 0.3 is 0 Å². The average molecular weight is 261 g/mol. The predicted molar refractivity (Wildman–Crippen MR) is 75.1 cm³/mol. The molecule has 3 heteroatoms. The number of nitrogens with one attached hydrogen (secondary N) is 1. The molecule has 2 aliphatic rings. The first-order chi connectivity index (χ1) is 9.38. The molecule has 0 radical (unpaired) electrons. The second-order valence-electron chi connectivity index (χ2n) is 5.49. The Hall–Kier alpha value is -0.900. The van der Waals surface area contributed by atoms with Gasteiger partial charge in [-0.2, -0.15) is 0 Å². The molecule has 104 valence electrons. The Bertz CT molecular complexity index is 389. The molecular formula is C16H23NO2. The zero-order chi connectivity index (χ0) is 13.1. The number of rotatable bonds is 6. The van der Waals surface area contributed by atoms with Gasteiger partial charge in [0.1, 0.15) is 0 Å². The Morgan fingerprint density at radius 3 is 2.63 bits per heavy atom. The predicted octanol–water partition coefficient (Wildman–Crippen LogP) is 2.53. The van der Waals surface area contributed by atoms with Gasteiger partial charge in [0, 0.05) is 12.5 Å². The van der Waals surface area contributed by atoms with E-state index in [1.54, 1.807) is 0 Å². The quantitative estimate of drug-likeness (QED) is 0.853. The molecule has 19 heavy (non-hydrogen) atoms. The third-order valence-electron chi connectivity index (χ3n) is 4.19. The van der Waals surface area contributed by atoms with Crippen LogP contribution in [0.15, 0.2) is 30.3 Å². The standard InChI is InChI=1S/C16H23NO2/c1-2-17-15(11-16-18-8-9-19-16)14-10-13(14)12-6-4-3-5-7-12/h3-7,13-17H,2,8-11H2,1H3. The lowest BCUT2D eigenvalue weighted by atomic mass is 10.0. The SMILES string of the molecule is CCNC(CC1OCCO1)C1CC1c1ccccc1. The van der Waals surface area contributed by atoms with Crippen LogP contribution in [0.3, 0.4) is 0 Å².